The summed E-state index contributed by atoms with van der Waals surface area (Å²) in [5.41, 5.74) is -1.14. The minimum atomic E-state index is -4.53. The maximum absolute atomic E-state index is 10.8. The first kappa shape index (κ1) is 12.0. The van der Waals surface area contributed by atoms with Gasteiger partial charge in [0.05, 0.1) is 5.75 Å². The normalized spacial score (nSPS) is 11.5. The molecule has 0 saturated heterocycles. The fourth-order valence-corrected chi connectivity index (χ4v) is 1.71. The molecule has 3 N–H and O–H groups in total. The monoisotopic (exact) mass is 254 g/mol. The topological polar surface area (TPSA) is 129 Å². The molecule has 0 aliphatic rings. The third-order valence-corrected chi connectivity index (χ3v) is 2.67. The Bertz CT molecular complexity index is 515. The lowest BCUT2D eigenvalue weighted by Gasteiger charge is -1.98. The Hall–Kier alpha value is -1.10. The van der Waals surface area contributed by atoms with Gasteiger partial charge in [-0.25, -0.2) is 4.79 Å². The zero-order chi connectivity index (χ0) is 11.5. The average molecular weight is 254 g/mol. The van der Waals surface area contributed by atoms with Crippen molar-refractivity contribution in [1.29, 1.82) is 0 Å². The Morgan fingerprint density at radius 1 is 1.40 bits per heavy atom. The molecule has 0 atom stereocenters. The molecular weight excluding hydrogens is 248 g/mol. The number of hydrogen-bond acceptors (Lipinski definition) is 6. The van der Waals surface area contributed by atoms with Crippen LogP contribution in [0, 0.1) is 0 Å². The van der Waals surface area contributed by atoms with Gasteiger partial charge in [0.1, 0.15) is 0 Å². The van der Waals surface area contributed by atoms with E-state index in [1.54, 1.807) is 0 Å². The lowest BCUT2D eigenvalue weighted by molar-refractivity contribution is 0.407. The molecule has 0 aliphatic carbocycles. The predicted molar refractivity (Wildman–Crippen MR) is 51.6 cm³/mol. The van der Waals surface area contributed by atoms with E-state index in [9.17, 15) is 18.0 Å². The first-order chi connectivity index (χ1) is 6.87. The zero-order valence-corrected chi connectivity index (χ0v) is 8.72. The summed E-state index contributed by atoms with van der Waals surface area (Å²) in [6, 6.07) is 1.07. The molecule has 84 valence electrons. The summed E-state index contributed by atoms with van der Waals surface area (Å²) in [6.45, 7) is 0. The number of H-pyrrole nitrogens is 2. The Balaban J connectivity index is 2.66. The van der Waals surface area contributed by atoms with Gasteiger partial charge in [0, 0.05) is 23.8 Å². The van der Waals surface area contributed by atoms with Gasteiger partial charge in [-0.15, -0.1) is 0 Å². The molecule has 10 heteroatoms. The van der Waals surface area contributed by atoms with E-state index in [1.807, 2.05) is 4.98 Å². The number of aromatic nitrogens is 2. The molecule has 0 unspecified atom stereocenters. The minimum Gasteiger partial charge on any atom is -0.310 e. The molecule has 0 bridgehead atoms. The van der Waals surface area contributed by atoms with Gasteiger partial charge in [-0.2, -0.15) is 12.0 Å². The van der Waals surface area contributed by atoms with E-state index in [1.165, 1.54) is 0 Å². The van der Waals surface area contributed by atoms with Gasteiger partial charge in [-0.1, -0.05) is 0 Å². The first-order valence-electron chi connectivity index (χ1n) is 3.48. The third-order valence-electron chi connectivity index (χ3n) is 1.16. The van der Waals surface area contributed by atoms with Crippen molar-refractivity contribution in [2.75, 3.05) is 0 Å². The predicted octanol–water partition coefficient (Wildman–Crippen LogP) is -0.969. The molecule has 0 fully saturated rings. The lowest BCUT2D eigenvalue weighted by atomic mass is 10.5. The molecule has 1 heterocycles. The van der Waals surface area contributed by atoms with Gasteiger partial charge in [0.15, 0.2) is 0 Å². The second kappa shape index (κ2) is 4.61. The van der Waals surface area contributed by atoms with E-state index in [0.29, 0.717) is 12.0 Å². The van der Waals surface area contributed by atoms with Crippen molar-refractivity contribution in [2.45, 2.75) is 5.75 Å². The highest BCUT2D eigenvalue weighted by Gasteiger charge is 2.06. The maximum atomic E-state index is 10.8. The van der Waals surface area contributed by atoms with Crippen LogP contribution in [0.2, 0.25) is 0 Å². The van der Waals surface area contributed by atoms with Crippen molar-refractivity contribution in [3.63, 3.8) is 0 Å². The lowest BCUT2D eigenvalue weighted by Crippen LogP contribution is -2.22. The molecule has 0 amide bonds. The number of hydrogen-bond donors (Lipinski definition) is 3. The van der Waals surface area contributed by atoms with Gasteiger partial charge >= 0.3 is 16.1 Å². The van der Waals surface area contributed by atoms with Crippen molar-refractivity contribution in [3.05, 3.63) is 32.6 Å². The van der Waals surface area contributed by atoms with Crippen LogP contribution in [0.4, 0.5) is 0 Å². The first-order valence-corrected chi connectivity index (χ1v) is 5.75. The second-order valence-corrected chi connectivity index (χ2v) is 4.30. The Kier molecular flexibility index (Phi) is 3.68. The molecule has 1 rings (SSSR count). The largest absolute Gasteiger partial charge is 0.408 e. The van der Waals surface area contributed by atoms with Crippen molar-refractivity contribution < 1.29 is 16.6 Å². The number of nitrogens with one attached hydrogen (secondary N) is 2. The zero-order valence-electron chi connectivity index (χ0n) is 7.09. The third kappa shape index (κ3) is 4.78. The van der Waals surface area contributed by atoms with Crippen LogP contribution in [0.5, 0.6) is 0 Å². The quantitative estimate of drug-likeness (QED) is 0.465. The maximum Gasteiger partial charge on any atom is 0.408 e. The van der Waals surface area contributed by atoms with E-state index in [2.05, 4.69) is 8.61 Å². The van der Waals surface area contributed by atoms with E-state index in [4.69, 9.17) is 4.55 Å². The minimum absolute atomic E-state index is 0.0983. The smallest absolute Gasteiger partial charge is 0.310 e. The van der Waals surface area contributed by atoms with E-state index in [-0.39, 0.29) is 11.4 Å². The molecular formula is C5H6N2O6S2. The summed E-state index contributed by atoms with van der Waals surface area (Å²) >= 11 is 0.370. The van der Waals surface area contributed by atoms with Crippen LogP contribution in [0.3, 0.4) is 0 Å². The molecule has 0 radical (unpaired) electrons. The van der Waals surface area contributed by atoms with Crippen LogP contribution in [-0.2, 0) is 19.8 Å². The van der Waals surface area contributed by atoms with Crippen molar-refractivity contribution in [2.24, 2.45) is 0 Å². The molecule has 1 aromatic heterocycles. The molecule has 0 aromatic carbocycles. The van der Waals surface area contributed by atoms with Crippen LogP contribution in [-0.4, -0.2) is 22.9 Å². The van der Waals surface area contributed by atoms with Crippen molar-refractivity contribution in [3.8, 4) is 0 Å². The van der Waals surface area contributed by atoms with E-state index >= 15 is 0 Å². The summed E-state index contributed by atoms with van der Waals surface area (Å²) in [5.74, 6) is -0.0983. The fraction of sp³-hybridized carbons (Fsp3) is 0.200. The molecule has 0 aliphatic heterocycles. The van der Waals surface area contributed by atoms with E-state index in [0.717, 1.165) is 6.07 Å². The fourth-order valence-electron chi connectivity index (χ4n) is 0.745. The summed E-state index contributed by atoms with van der Waals surface area (Å²) in [5, 5.41) is 0. The summed E-state index contributed by atoms with van der Waals surface area (Å²) in [4.78, 5) is 25.7. The van der Waals surface area contributed by atoms with Gasteiger partial charge in [0.2, 0.25) is 0 Å². The van der Waals surface area contributed by atoms with Crippen LogP contribution < -0.4 is 11.2 Å². The standard InChI is InChI=1S/C5H6N2O6S2/c8-4-1-3(6-5(9)7-4)2-14-13-15(10,11)12/h1H,2H2,(H,10,11,12)(H2,6,7,8,9). The summed E-state index contributed by atoms with van der Waals surface area (Å²) < 4.78 is 32.4. The SMILES string of the molecule is O=c1cc(CSOS(=O)(=O)O)[nH]c(=O)[nH]1. The Labute approximate surface area is 87.8 Å². The van der Waals surface area contributed by atoms with Crippen LogP contribution in [0.1, 0.15) is 5.69 Å². The highest BCUT2D eigenvalue weighted by atomic mass is 32.3. The van der Waals surface area contributed by atoms with Crippen molar-refractivity contribution in [1.82, 2.24) is 9.97 Å². The van der Waals surface area contributed by atoms with Gasteiger partial charge in [-0.3, -0.25) is 14.3 Å². The highest BCUT2D eigenvalue weighted by Crippen LogP contribution is 2.11. The van der Waals surface area contributed by atoms with Crippen LogP contribution in [0.25, 0.3) is 0 Å². The van der Waals surface area contributed by atoms with Crippen LogP contribution >= 0.6 is 12.0 Å². The number of rotatable bonds is 4. The van der Waals surface area contributed by atoms with E-state index < -0.39 is 21.6 Å². The highest BCUT2D eigenvalue weighted by molar-refractivity contribution is 8.02. The average Bonchev–Trinajstić information content (AvgIpc) is 1.99. The van der Waals surface area contributed by atoms with Crippen LogP contribution in [0.15, 0.2) is 15.7 Å². The van der Waals surface area contributed by atoms with Gasteiger partial charge in [0.25, 0.3) is 5.56 Å². The molecule has 0 saturated carbocycles. The Morgan fingerprint density at radius 2 is 2.07 bits per heavy atom. The molecule has 15 heavy (non-hydrogen) atoms. The summed E-state index contributed by atoms with van der Waals surface area (Å²) in [7, 11) is -4.53. The van der Waals surface area contributed by atoms with Crippen molar-refractivity contribution >= 4 is 22.4 Å². The molecule has 1 aromatic rings. The summed E-state index contributed by atoms with van der Waals surface area (Å²) in [6.07, 6.45) is 0. The van der Waals surface area contributed by atoms with Gasteiger partial charge < -0.3 is 4.98 Å². The molecule has 8 nitrogen and oxygen atoms in total. The second-order valence-electron chi connectivity index (χ2n) is 2.37. The Morgan fingerprint density at radius 3 is 2.60 bits per heavy atom. The van der Waals surface area contributed by atoms with Gasteiger partial charge in [-0.05, 0) is 0 Å². The number of aromatic amines is 2. The molecule has 0 spiro atoms.